The van der Waals surface area contributed by atoms with Gasteiger partial charge in [0.2, 0.25) is 0 Å². The predicted molar refractivity (Wildman–Crippen MR) is 360 cm³/mol. The van der Waals surface area contributed by atoms with Crippen molar-refractivity contribution in [2.75, 3.05) is 139 Å². The zero-order valence-electron chi connectivity index (χ0n) is 63.6. The highest BCUT2D eigenvalue weighted by Crippen LogP contribution is 2.42. The van der Waals surface area contributed by atoms with Crippen molar-refractivity contribution in [1.82, 2.24) is 0 Å². The number of rotatable bonds is 35. The van der Waals surface area contributed by atoms with Crippen LogP contribution in [0, 0.1) is 0 Å². The van der Waals surface area contributed by atoms with Gasteiger partial charge in [-0.15, -0.1) is 0 Å². The third kappa shape index (κ3) is 22.3. The van der Waals surface area contributed by atoms with Gasteiger partial charge in [-0.05, 0) is 96.9 Å². The normalized spacial score (nSPS) is 43.8. The first-order valence-electron chi connectivity index (χ1n) is 38.2. The summed E-state index contributed by atoms with van der Waals surface area (Å²) in [7, 11) is 0. The van der Waals surface area contributed by atoms with Gasteiger partial charge in [-0.3, -0.25) is 0 Å². The van der Waals surface area contributed by atoms with Crippen molar-refractivity contribution in [3.05, 3.63) is 0 Å². The fourth-order valence-electron chi connectivity index (χ4n) is 14.5. The molecule has 0 aromatic rings. The largest absolute Gasteiger partial charge is 0.387 e. The van der Waals surface area contributed by atoms with Gasteiger partial charge in [0.05, 0.1) is 46.2 Å². The highest BCUT2D eigenvalue weighted by atomic mass is 16.8. The van der Waals surface area contributed by atoms with Crippen molar-refractivity contribution in [1.29, 1.82) is 0 Å². The van der Waals surface area contributed by atoms with Crippen LogP contribution in [0.15, 0.2) is 0 Å². The van der Waals surface area contributed by atoms with Crippen LogP contribution >= 0.6 is 0 Å². The molecular weight excluding hydrogens is 1400 g/mol. The molecule has 0 aromatic heterocycles. The first kappa shape index (κ1) is 89.2. The minimum absolute atomic E-state index is 0.0159. The van der Waals surface area contributed by atoms with Crippen molar-refractivity contribution < 1.29 is 168 Å². The van der Waals surface area contributed by atoms with Gasteiger partial charge in [0, 0.05) is 92.5 Å². The predicted octanol–water partition coefficient (Wildman–Crippen LogP) is -0.612. The van der Waals surface area contributed by atoms with Crippen LogP contribution in [-0.4, -0.2) is 389 Å². The smallest absolute Gasteiger partial charge is 0.187 e. The van der Waals surface area contributed by atoms with Crippen molar-refractivity contribution in [3.63, 3.8) is 0 Å². The topological polar surface area (TPSA) is 400 Å². The summed E-state index contributed by atoms with van der Waals surface area (Å²) in [5.74, 6) is 0. The average Bonchev–Trinajstić information content (AvgIpc) is 0.786. The van der Waals surface area contributed by atoms with E-state index in [2.05, 4.69) is 0 Å². The Bertz CT molecular complexity index is 1890. The number of aliphatic hydroxyl groups excluding tert-OH is 7. The zero-order chi connectivity index (χ0) is 75.9. The van der Waals surface area contributed by atoms with E-state index in [4.69, 9.17) is 133 Å². The van der Waals surface area contributed by atoms with Crippen LogP contribution in [0.4, 0.5) is 0 Å². The van der Waals surface area contributed by atoms with Gasteiger partial charge < -0.3 is 168 Å². The SMILES string of the molecule is CCOC[C@H]1O[C@@H]2O[C@H]3[C@H](O)[C@@H](OCC)[C@@H](O[C@H]4[C@H](O)[C@@H](OCC)[C@@H](O[C@H]5[C@H](O)[C@@H](OCC)[C@@H](O[C@H]6[C@H](O)[C@@H](OCC)[C@@H](O[C@H]7[C@H](O)[C@@H](OCC)[C@@H](O[C@H]8[C@H](O)[C@@H](OCC)[C@@H](O[C@H]1[C@H](O)[C@H]2OCC)O[C@@H]8COCC)O[C@@H]7COCC)O[C@@H]6COCC)O[C@@H]5COCC)O[C@@H]4COCC)O[C@@H]3COCC. The molecule has 0 radical (unpaired) electrons. The second kappa shape index (κ2) is 45.5. The van der Waals surface area contributed by atoms with Crippen LogP contribution in [-0.2, 0) is 133 Å². The third-order valence-electron chi connectivity index (χ3n) is 19.3. The summed E-state index contributed by atoms with van der Waals surface area (Å²) in [5, 5.41) is 89.7. The van der Waals surface area contributed by atoms with E-state index in [1.807, 2.05) is 0 Å². The maximum atomic E-state index is 12.8. The van der Waals surface area contributed by atoms with E-state index in [1.165, 1.54) is 0 Å². The fourth-order valence-corrected chi connectivity index (χ4v) is 14.5. The quantitative estimate of drug-likeness (QED) is 0.0416. The van der Waals surface area contributed by atoms with Crippen molar-refractivity contribution in [2.45, 2.75) is 312 Å². The maximum absolute atomic E-state index is 12.8. The molecule has 0 aliphatic carbocycles. The molecule has 616 valence electrons. The van der Waals surface area contributed by atoms with Crippen LogP contribution in [0.5, 0.6) is 0 Å². The summed E-state index contributed by atoms with van der Waals surface area (Å²) in [6.45, 7) is 24.5. The van der Waals surface area contributed by atoms with Crippen LogP contribution in [0.25, 0.3) is 0 Å². The molecule has 0 unspecified atom stereocenters. The Kier molecular flexibility index (Phi) is 38.6. The summed E-state index contributed by atoms with van der Waals surface area (Å²) in [5.41, 5.74) is 0. The molecule has 7 N–H and O–H groups in total. The molecule has 21 rings (SSSR count). The summed E-state index contributed by atoms with van der Waals surface area (Å²) in [6, 6.07) is 0. The highest BCUT2D eigenvalue weighted by Gasteiger charge is 2.61. The second-order valence-electron chi connectivity index (χ2n) is 26.0. The molecule has 0 aromatic carbocycles. The molecule has 21 heterocycles. The summed E-state index contributed by atoms with van der Waals surface area (Å²) in [6.07, 6.45) is -49.4. The molecule has 35 nitrogen and oxygen atoms in total. The first-order chi connectivity index (χ1) is 50.9. The van der Waals surface area contributed by atoms with E-state index in [-0.39, 0.29) is 139 Å². The van der Waals surface area contributed by atoms with E-state index in [9.17, 15) is 35.7 Å². The number of ether oxygens (including phenoxy) is 28. The fraction of sp³-hybridized carbons (Fsp3) is 1.00. The molecule has 35 atom stereocenters. The Morgan fingerprint density at radius 1 is 0.171 bits per heavy atom. The molecule has 21 aliphatic heterocycles. The maximum Gasteiger partial charge on any atom is 0.187 e. The molecule has 0 amide bonds. The Balaban J connectivity index is 1.25. The number of hydrogen-bond donors (Lipinski definition) is 7. The molecule has 0 spiro atoms. The van der Waals surface area contributed by atoms with E-state index in [0.29, 0.717) is 0 Å². The lowest BCUT2D eigenvalue weighted by atomic mass is 9.94. The lowest BCUT2D eigenvalue weighted by Crippen LogP contribution is -2.69. The monoisotopic (exact) mass is 1530 g/mol. The van der Waals surface area contributed by atoms with Gasteiger partial charge in [-0.25, -0.2) is 0 Å². The minimum Gasteiger partial charge on any atom is -0.387 e. The van der Waals surface area contributed by atoms with Gasteiger partial charge in [0.15, 0.2) is 44.0 Å². The van der Waals surface area contributed by atoms with Crippen molar-refractivity contribution >= 4 is 0 Å². The molecule has 21 fully saturated rings. The average molecular weight is 1530 g/mol. The lowest BCUT2D eigenvalue weighted by molar-refractivity contribution is -0.402. The Morgan fingerprint density at radius 2 is 0.286 bits per heavy atom. The Hall–Kier alpha value is -1.40. The Morgan fingerprint density at radius 3 is 0.381 bits per heavy atom. The van der Waals surface area contributed by atoms with Gasteiger partial charge in [0.25, 0.3) is 0 Å². The minimum atomic E-state index is -1.62. The first-order valence-corrected chi connectivity index (χ1v) is 38.2. The van der Waals surface area contributed by atoms with Crippen molar-refractivity contribution in [2.24, 2.45) is 0 Å². The summed E-state index contributed by atoms with van der Waals surface area (Å²) >= 11 is 0. The second-order valence-corrected chi connectivity index (χ2v) is 26.0. The molecule has 0 saturated carbocycles. The van der Waals surface area contributed by atoms with Crippen LogP contribution in [0.3, 0.4) is 0 Å². The highest BCUT2D eigenvalue weighted by molar-refractivity contribution is 5.03. The molecule has 21 saturated heterocycles. The van der Waals surface area contributed by atoms with Crippen LogP contribution in [0.2, 0.25) is 0 Å². The third-order valence-corrected chi connectivity index (χ3v) is 19.3. The van der Waals surface area contributed by atoms with E-state index < -0.39 is 215 Å². The van der Waals surface area contributed by atoms with E-state index in [1.54, 1.807) is 96.9 Å². The van der Waals surface area contributed by atoms with Crippen LogP contribution < -0.4 is 0 Å². The standard InChI is InChI=1S/C70H126O35/c1-15-78-29-36-50-43(71)57(85-22-8)64(92-36)100-51-37(30-79-16-2)94-66(59(44(51)72)87-24-10)102-53-39(32-81-18-4)96-68(61(46(53)74)89-26-12)104-55-41(34-83-20-6)98-70(63(48(55)76)91-28-14)105-56-42(35-84-21-7)97-69(62(49(56)77)90-27-13)103-54-40(33-82-19-5)95-67(60(47(54)75)88-25-11)101-52-38(31-80-17-3)93-65(99-50)58(45(52)73)86-23-9/h36-77H,15-35H2,1-14H3/t36-,37-,38-,39-,40-,41-,42-,43+,44+,45+,46+,47+,48+,49+,50-,51-,52-,53-,54-,55-,56-,57-,58-,59-,60-,61-,62-,63-,64-,65-,66-,67-,68-,69-,70-/m1/s1. The summed E-state index contributed by atoms with van der Waals surface area (Å²) in [4.78, 5) is 0. The zero-order valence-corrected chi connectivity index (χ0v) is 63.6. The van der Waals surface area contributed by atoms with E-state index in [0.717, 1.165) is 0 Å². The molecule has 21 aliphatic rings. The van der Waals surface area contributed by atoms with Gasteiger partial charge >= 0.3 is 0 Å². The Labute approximate surface area is 617 Å². The molecule has 14 bridgehead atoms. The van der Waals surface area contributed by atoms with Gasteiger partial charge in [-0.1, -0.05) is 0 Å². The van der Waals surface area contributed by atoms with Gasteiger partial charge in [0.1, 0.15) is 171 Å². The molecular formula is C70H126O35. The van der Waals surface area contributed by atoms with Crippen LogP contribution in [0.1, 0.15) is 96.9 Å². The summed E-state index contributed by atoms with van der Waals surface area (Å²) < 4.78 is 181. The number of hydrogen-bond acceptors (Lipinski definition) is 35. The number of aliphatic hydroxyl groups is 7. The lowest BCUT2D eigenvalue weighted by Gasteiger charge is -2.51. The molecule has 105 heavy (non-hydrogen) atoms. The van der Waals surface area contributed by atoms with E-state index >= 15 is 0 Å². The molecule has 35 heteroatoms. The van der Waals surface area contributed by atoms with Gasteiger partial charge in [-0.2, -0.15) is 0 Å². The van der Waals surface area contributed by atoms with Crippen molar-refractivity contribution in [3.8, 4) is 0 Å².